The number of ether oxygens (including phenoxy) is 1. The molecule has 1 saturated heterocycles. The molecule has 10 heteroatoms. The summed E-state index contributed by atoms with van der Waals surface area (Å²) in [5.74, 6) is -0.233. The predicted molar refractivity (Wildman–Crippen MR) is 122 cm³/mol. The minimum absolute atomic E-state index is 0.101. The summed E-state index contributed by atoms with van der Waals surface area (Å²) in [6, 6.07) is 5.08. The lowest BCUT2D eigenvalue weighted by Gasteiger charge is -2.31. The van der Waals surface area contributed by atoms with Gasteiger partial charge in [-0.15, -0.1) is 0 Å². The fraction of sp³-hybridized carbons (Fsp3) is 0.636. The molecule has 9 nitrogen and oxygen atoms in total. The van der Waals surface area contributed by atoms with Gasteiger partial charge in [0.25, 0.3) is 0 Å². The van der Waals surface area contributed by atoms with Gasteiger partial charge in [0.05, 0.1) is 18.0 Å². The summed E-state index contributed by atoms with van der Waals surface area (Å²) in [5.41, 5.74) is 1.64. The lowest BCUT2D eigenvalue weighted by atomic mass is 10.0. The van der Waals surface area contributed by atoms with Gasteiger partial charge >= 0.3 is 0 Å². The summed E-state index contributed by atoms with van der Waals surface area (Å²) in [7, 11) is -0.127. The topological polar surface area (TPSA) is 99.3 Å². The Hall–Kier alpha value is -2.01. The van der Waals surface area contributed by atoms with Crippen molar-refractivity contribution in [1.29, 1.82) is 0 Å². The van der Waals surface area contributed by atoms with Crippen LogP contribution in [0.3, 0.4) is 0 Å². The Morgan fingerprint density at radius 1 is 1.12 bits per heavy atom. The van der Waals surface area contributed by atoms with Gasteiger partial charge in [0.1, 0.15) is 0 Å². The number of anilines is 1. The smallest absolute Gasteiger partial charge is 0.243 e. The molecule has 0 aliphatic carbocycles. The number of aryl methyl sites for hydroxylation is 1. The number of likely N-dealkylation sites (N-methyl/N-ethyl adjacent to an activating group) is 1. The summed E-state index contributed by atoms with van der Waals surface area (Å²) in [5, 5.41) is 2.81. The Bertz CT molecular complexity index is 915. The molecule has 0 unspecified atom stereocenters. The third kappa shape index (κ3) is 6.06. The van der Waals surface area contributed by atoms with E-state index in [0.717, 1.165) is 43.4 Å². The molecule has 1 N–H and O–H groups in total. The molecule has 1 fully saturated rings. The average molecular weight is 467 g/mol. The highest BCUT2D eigenvalue weighted by Gasteiger charge is 2.30. The highest BCUT2D eigenvalue weighted by molar-refractivity contribution is 7.89. The van der Waals surface area contributed by atoms with E-state index in [1.807, 2.05) is 0 Å². The number of rotatable bonds is 10. The van der Waals surface area contributed by atoms with Crippen molar-refractivity contribution in [3.05, 3.63) is 23.8 Å². The number of fused-ring (bicyclic) bond motifs is 1. The van der Waals surface area contributed by atoms with E-state index in [4.69, 9.17) is 4.74 Å². The zero-order valence-corrected chi connectivity index (χ0v) is 19.8. The minimum atomic E-state index is -3.48. The number of benzene rings is 1. The number of amides is 2. The molecule has 178 valence electrons. The van der Waals surface area contributed by atoms with E-state index >= 15 is 0 Å². The summed E-state index contributed by atoms with van der Waals surface area (Å²) in [6.07, 6.45) is 4.04. The second-order valence-corrected chi connectivity index (χ2v) is 10.4. The quantitative estimate of drug-likeness (QED) is 0.513. The molecule has 0 saturated carbocycles. The van der Waals surface area contributed by atoms with Crippen molar-refractivity contribution < 1.29 is 22.7 Å². The van der Waals surface area contributed by atoms with Crippen LogP contribution in [0, 0.1) is 0 Å². The lowest BCUT2D eigenvalue weighted by molar-refractivity contribution is -0.123. The Labute approximate surface area is 190 Å². The molecule has 0 radical (unpaired) electrons. The third-order valence-electron chi connectivity index (χ3n) is 5.84. The molecule has 2 amide bonds. The van der Waals surface area contributed by atoms with Crippen molar-refractivity contribution in [3.63, 3.8) is 0 Å². The molecule has 0 spiro atoms. The van der Waals surface area contributed by atoms with E-state index in [2.05, 4.69) is 5.32 Å². The first kappa shape index (κ1) is 24.6. The van der Waals surface area contributed by atoms with E-state index in [-0.39, 0.29) is 24.9 Å². The summed E-state index contributed by atoms with van der Waals surface area (Å²) < 4.78 is 32.3. The lowest BCUT2D eigenvalue weighted by Crippen LogP contribution is -2.44. The van der Waals surface area contributed by atoms with Crippen molar-refractivity contribution in [2.45, 2.75) is 37.0 Å². The molecule has 1 aromatic rings. The number of carbonyl (C=O) groups is 2. The molecule has 2 aliphatic heterocycles. The van der Waals surface area contributed by atoms with Gasteiger partial charge in [0.15, 0.2) is 0 Å². The molecular weight excluding hydrogens is 432 g/mol. The number of carbonyl (C=O) groups excluding carboxylic acids is 2. The first-order chi connectivity index (χ1) is 15.3. The largest absolute Gasteiger partial charge is 0.385 e. The van der Waals surface area contributed by atoms with Gasteiger partial charge < -0.3 is 15.0 Å². The maximum absolute atomic E-state index is 13.0. The van der Waals surface area contributed by atoms with Crippen LogP contribution in [-0.2, 0) is 30.8 Å². The molecule has 3 rings (SSSR count). The summed E-state index contributed by atoms with van der Waals surface area (Å²) in [6.45, 7) is 3.08. The average Bonchev–Trinajstić information content (AvgIpc) is 3.31. The van der Waals surface area contributed by atoms with Crippen molar-refractivity contribution in [2.75, 3.05) is 64.9 Å². The fourth-order valence-corrected chi connectivity index (χ4v) is 5.76. The number of sulfonamides is 1. The minimum Gasteiger partial charge on any atom is -0.385 e. The van der Waals surface area contributed by atoms with Crippen molar-refractivity contribution in [2.24, 2.45) is 0 Å². The third-order valence-corrected chi connectivity index (χ3v) is 7.73. The van der Waals surface area contributed by atoms with Crippen LogP contribution in [0.2, 0.25) is 0 Å². The molecule has 0 aromatic heterocycles. The summed E-state index contributed by atoms with van der Waals surface area (Å²) in [4.78, 5) is 28.7. The van der Waals surface area contributed by atoms with E-state index in [0.29, 0.717) is 37.7 Å². The van der Waals surface area contributed by atoms with E-state index in [1.165, 1.54) is 4.31 Å². The Kier molecular flexibility index (Phi) is 8.64. The fourth-order valence-electron chi connectivity index (χ4n) is 4.19. The van der Waals surface area contributed by atoms with Crippen LogP contribution in [0.25, 0.3) is 0 Å². The maximum Gasteiger partial charge on any atom is 0.243 e. The van der Waals surface area contributed by atoms with Gasteiger partial charge in [0, 0.05) is 45.6 Å². The van der Waals surface area contributed by atoms with Crippen LogP contribution in [0.15, 0.2) is 23.1 Å². The molecule has 2 aliphatic rings. The monoisotopic (exact) mass is 466 g/mol. The van der Waals surface area contributed by atoms with Crippen LogP contribution < -0.4 is 10.2 Å². The van der Waals surface area contributed by atoms with Crippen LogP contribution in [0.1, 0.15) is 31.2 Å². The highest BCUT2D eigenvalue weighted by atomic mass is 32.2. The van der Waals surface area contributed by atoms with Crippen LogP contribution in [0.4, 0.5) is 5.69 Å². The van der Waals surface area contributed by atoms with Gasteiger partial charge in [-0.3, -0.25) is 14.5 Å². The maximum atomic E-state index is 13.0. The second-order valence-electron chi connectivity index (χ2n) is 8.42. The zero-order valence-electron chi connectivity index (χ0n) is 19.0. The van der Waals surface area contributed by atoms with E-state index < -0.39 is 10.0 Å². The standard InChI is InChI=1S/C22H34N4O5S/c1-24(16-21(27)23-10-6-14-31-2)17-22(28)26-13-5-7-18-15-19(8-9-20(18)26)32(29,30)25-11-3-4-12-25/h8-9,15H,3-7,10-14,16-17H2,1-2H3,(H,23,27). The normalized spacial score (nSPS) is 16.9. The van der Waals surface area contributed by atoms with Crippen molar-refractivity contribution >= 4 is 27.5 Å². The molecule has 1 aromatic carbocycles. The van der Waals surface area contributed by atoms with Crippen LogP contribution >= 0.6 is 0 Å². The van der Waals surface area contributed by atoms with E-state index in [9.17, 15) is 18.0 Å². The number of hydrogen-bond donors (Lipinski definition) is 1. The Balaban J connectivity index is 1.61. The Morgan fingerprint density at radius 3 is 2.59 bits per heavy atom. The number of methoxy groups -OCH3 is 1. The van der Waals surface area contributed by atoms with Gasteiger partial charge in [-0.05, 0) is 62.9 Å². The Morgan fingerprint density at radius 2 is 1.88 bits per heavy atom. The molecule has 2 heterocycles. The SMILES string of the molecule is COCCCNC(=O)CN(C)CC(=O)N1CCCc2cc(S(=O)(=O)N3CCCC3)ccc21. The molecular formula is C22H34N4O5S. The number of nitrogens with one attached hydrogen (secondary N) is 1. The van der Waals surface area contributed by atoms with Crippen LogP contribution in [-0.4, -0.2) is 89.5 Å². The molecule has 0 bridgehead atoms. The highest BCUT2D eigenvalue weighted by Crippen LogP contribution is 2.31. The molecule has 0 atom stereocenters. The van der Waals surface area contributed by atoms with E-state index in [1.54, 1.807) is 42.2 Å². The first-order valence-electron chi connectivity index (χ1n) is 11.2. The summed E-state index contributed by atoms with van der Waals surface area (Å²) >= 11 is 0. The number of hydrogen-bond acceptors (Lipinski definition) is 6. The van der Waals surface area contributed by atoms with Gasteiger partial charge in [-0.1, -0.05) is 0 Å². The van der Waals surface area contributed by atoms with Gasteiger partial charge in [-0.2, -0.15) is 4.31 Å². The molecule has 32 heavy (non-hydrogen) atoms. The number of nitrogens with zero attached hydrogens (tertiary/aromatic N) is 3. The van der Waals surface area contributed by atoms with Gasteiger partial charge in [0.2, 0.25) is 21.8 Å². The van der Waals surface area contributed by atoms with Crippen molar-refractivity contribution in [1.82, 2.24) is 14.5 Å². The van der Waals surface area contributed by atoms with Gasteiger partial charge in [-0.25, -0.2) is 8.42 Å². The first-order valence-corrected chi connectivity index (χ1v) is 12.6. The zero-order chi connectivity index (χ0) is 23.1. The van der Waals surface area contributed by atoms with Crippen LogP contribution in [0.5, 0.6) is 0 Å². The van der Waals surface area contributed by atoms with Crippen molar-refractivity contribution in [3.8, 4) is 0 Å². The predicted octanol–water partition coefficient (Wildman–Crippen LogP) is 0.835. The second kappa shape index (κ2) is 11.2.